The van der Waals surface area contributed by atoms with Crippen LogP contribution in [0.25, 0.3) is 0 Å². The number of rotatable bonds is 3. The molecule has 17 heavy (non-hydrogen) atoms. The maximum atomic E-state index is 11.9. The highest BCUT2D eigenvalue weighted by Crippen LogP contribution is 2.39. The molecule has 2 N–H and O–H groups in total. The number of aliphatic hydroxyl groups is 1. The fraction of sp³-hybridized carbons (Fsp3) is 0.333. The lowest BCUT2D eigenvalue weighted by Gasteiger charge is -2.27. The van der Waals surface area contributed by atoms with E-state index >= 15 is 0 Å². The number of methoxy groups -OCH3 is 1. The van der Waals surface area contributed by atoms with Gasteiger partial charge in [-0.2, -0.15) is 0 Å². The lowest BCUT2D eigenvalue weighted by molar-refractivity contribution is -0.160. The van der Waals surface area contributed by atoms with Crippen molar-refractivity contribution in [3.63, 3.8) is 0 Å². The number of hydrogen-bond donors (Lipinski definition) is 2. The van der Waals surface area contributed by atoms with Crippen molar-refractivity contribution in [3.05, 3.63) is 29.8 Å². The Morgan fingerprint density at radius 2 is 2.12 bits per heavy atom. The Morgan fingerprint density at radius 3 is 2.71 bits per heavy atom. The molecule has 2 atom stereocenters. The molecule has 0 radical (unpaired) electrons. The van der Waals surface area contributed by atoms with Gasteiger partial charge in [-0.25, -0.2) is 0 Å². The van der Waals surface area contributed by atoms with E-state index in [0.717, 1.165) is 0 Å². The van der Waals surface area contributed by atoms with E-state index in [1.165, 1.54) is 14.0 Å². The number of nitrogens with one attached hydrogen (secondary N) is 1. The van der Waals surface area contributed by atoms with Crippen molar-refractivity contribution in [1.82, 2.24) is 0 Å². The van der Waals surface area contributed by atoms with E-state index in [1.54, 1.807) is 24.3 Å². The molecule has 0 saturated carbocycles. The number of hydrogen-bond acceptors (Lipinski definition) is 4. The molecular weight excluding hydrogens is 222 g/mol. The molecule has 1 amide bonds. The Hall–Kier alpha value is -1.72. The number of carbonyl (C=O) groups is 2. The van der Waals surface area contributed by atoms with Gasteiger partial charge in [-0.05, 0) is 13.0 Å². The first-order valence-electron chi connectivity index (χ1n) is 5.18. The van der Waals surface area contributed by atoms with Crippen LogP contribution in [0.15, 0.2) is 24.3 Å². The van der Waals surface area contributed by atoms with Crippen LogP contribution in [-0.2, 0) is 19.9 Å². The van der Waals surface area contributed by atoms with Crippen LogP contribution in [0.1, 0.15) is 12.5 Å². The molecule has 0 fully saturated rings. The van der Waals surface area contributed by atoms with Crippen molar-refractivity contribution < 1.29 is 19.4 Å². The lowest BCUT2D eigenvalue weighted by Crippen LogP contribution is -2.49. The van der Waals surface area contributed by atoms with E-state index in [2.05, 4.69) is 5.32 Å². The number of benzene rings is 1. The van der Waals surface area contributed by atoms with Crippen molar-refractivity contribution in [2.75, 3.05) is 12.4 Å². The highest BCUT2D eigenvalue weighted by molar-refractivity contribution is 6.08. The Bertz CT molecular complexity index is 485. The van der Waals surface area contributed by atoms with Gasteiger partial charge < -0.3 is 15.2 Å². The SMILES string of the molecule is COC(C(C)=O)[C@@]1(O)C(=O)Nc2ccccc21. The summed E-state index contributed by atoms with van der Waals surface area (Å²) in [6.45, 7) is 1.28. The second-order valence-electron chi connectivity index (χ2n) is 3.99. The van der Waals surface area contributed by atoms with Gasteiger partial charge in [-0.3, -0.25) is 9.59 Å². The molecule has 5 heteroatoms. The first-order chi connectivity index (χ1) is 8.01. The molecule has 5 nitrogen and oxygen atoms in total. The average molecular weight is 235 g/mol. The van der Waals surface area contributed by atoms with Crippen LogP contribution in [-0.4, -0.2) is 30.0 Å². The maximum Gasteiger partial charge on any atom is 0.264 e. The monoisotopic (exact) mass is 235 g/mol. The number of ether oxygens (including phenoxy) is 1. The van der Waals surface area contributed by atoms with E-state index in [9.17, 15) is 14.7 Å². The van der Waals surface area contributed by atoms with Crippen LogP contribution in [0.5, 0.6) is 0 Å². The summed E-state index contributed by atoms with van der Waals surface area (Å²) in [6.07, 6.45) is -1.20. The van der Waals surface area contributed by atoms with Gasteiger partial charge in [-0.1, -0.05) is 18.2 Å². The molecule has 0 saturated heterocycles. The minimum absolute atomic E-state index is 0.368. The van der Waals surface area contributed by atoms with Gasteiger partial charge in [0.1, 0.15) is 0 Å². The van der Waals surface area contributed by atoms with Crippen molar-refractivity contribution in [3.8, 4) is 0 Å². The normalized spacial score (nSPS) is 24.1. The fourth-order valence-electron chi connectivity index (χ4n) is 2.16. The number of Topliss-reactive ketones (excluding diaryl/α,β-unsaturated/α-hetero) is 1. The summed E-state index contributed by atoms with van der Waals surface area (Å²) in [5.74, 6) is -1.04. The van der Waals surface area contributed by atoms with Gasteiger partial charge in [0, 0.05) is 18.4 Å². The average Bonchev–Trinajstić information content (AvgIpc) is 2.53. The summed E-state index contributed by atoms with van der Waals surface area (Å²) in [5.41, 5.74) is -1.08. The van der Waals surface area contributed by atoms with Crippen molar-refractivity contribution in [2.45, 2.75) is 18.6 Å². The van der Waals surface area contributed by atoms with Crippen LogP contribution in [0.3, 0.4) is 0 Å². The minimum Gasteiger partial charge on any atom is -0.373 e. The number of carbonyl (C=O) groups excluding carboxylic acids is 2. The van der Waals surface area contributed by atoms with Crippen LogP contribution in [0, 0.1) is 0 Å². The standard InChI is InChI=1S/C12H13NO4/c1-7(14)10(17-2)12(16)8-5-3-4-6-9(8)13-11(12)15/h3-6,10,16H,1-2H3,(H,13,15)/t10?,12-/m1/s1. The molecular formula is C12H13NO4. The second-order valence-corrected chi connectivity index (χ2v) is 3.99. The predicted molar refractivity (Wildman–Crippen MR) is 60.4 cm³/mol. The summed E-state index contributed by atoms with van der Waals surface area (Å²) >= 11 is 0. The summed E-state index contributed by atoms with van der Waals surface area (Å²) in [5, 5.41) is 13.0. The largest absolute Gasteiger partial charge is 0.373 e. The summed E-state index contributed by atoms with van der Waals surface area (Å²) in [4.78, 5) is 23.3. The molecule has 2 rings (SSSR count). The first kappa shape index (κ1) is 11.8. The Balaban J connectivity index is 2.57. The number of para-hydroxylation sites is 1. The number of amides is 1. The van der Waals surface area contributed by atoms with E-state index in [1.807, 2.05) is 0 Å². The van der Waals surface area contributed by atoms with Crippen LogP contribution >= 0.6 is 0 Å². The highest BCUT2D eigenvalue weighted by Gasteiger charge is 2.53. The molecule has 1 aromatic carbocycles. The molecule has 0 aliphatic carbocycles. The first-order valence-corrected chi connectivity index (χ1v) is 5.18. The van der Waals surface area contributed by atoms with Gasteiger partial charge in [0.2, 0.25) is 5.60 Å². The van der Waals surface area contributed by atoms with Gasteiger partial charge in [0.05, 0.1) is 0 Å². The third-order valence-corrected chi connectivity index (χ3v) is 2.92. The number of ketones is 1. The summed E-state index contributed by atoms with van der Waals surface area (Å²) in [7, 11) is 1.29. The van der Waals surface area contributed by atoms with E-state index < -0.39 is 23.4 Å². The Kier molecular flexibility index (Phi) is 2.73. The molecule has 0 bridgehead atoms. The topological polar surface area (TPSA) is 75.6 Å². The van der Waals surface area contributed by atoms with Crippen LogP contribution in [0.2, 0.25) is 0 Å². The molecule has 0 spiro atoms. The zero-order valence-corrected chi connectivity index (χ0v) is 9.56. The van der Waals surface area contributed by atoms with E-state index in [0.29, 0.717) is 11.3 Å². The predicted octanol–water partition coefficient (Wildman–Crippen LogP) is 0.430. The van der Waals surface area contributed by atoms with Crippen LogP contribution < -0.4 is 5.32 Å². The van der Waals surface area contributed by atoms with E-state index in [4.69, 9.17) is 4.74 Å². The number of anilines is 1. The molecule has 0 aromatic heterocycles. The lowest BCUT2D eigenvalue weighted by atomic mass is 9.87. The molecule has 1 aromatic rings. The summed E-state index contributed by atoms with van der Waals surface area (Å²) < 4.78 is 4.97. The van der Waals surface area contributed by atoms with Gasteiger partial charge in [-0.15, -0.1) is 0 Å². The quantitative estimate of drug-likeness (QED) is 0.796. The summed E-state index contributed by atoms with van der Waals surface area (Å²) in [6, 6.07) is 6.69. The van der Waals surface area contributed by atoms with Gasteiger partial charge in [0.15, 0.2) is 11.9 Å². The minimum atomic E-state index is -1.95. The van der Waals surface area contributed by atoms with Crippen LogP contribution in [0.4, 0.5) is 5.69 Å². The molecule has 1 heterocycles. The molecule has 90 valence electrons. The fourth-order valence-corrected chi connectivity index (χ4v) is 2.16. The molecule has 1 unspecified atom stereocenters. The van der Waals surface area contributed by atoms with E-state index in [-0.39, 0.29) is 0 Å². The Labute approximate surface area is 98.4 Å². The van der Waals surface area contributed by atoms with Crippen molar-refractivity contribution in [1.29, 1.82) is 0 Å². The second kappa shape index (κ2) is 3.94. The molecule has 1 aliphatic rings. The third-order valence-electron chi connectivity index (χ3n) is 2.92. The zero-order valence-electron chi connectivity index (χ0n) is 9.56. The Morgan fingerprint density at radius 1 is 1.47 bits per heavy atom. The zero-order chi connectivity index (χ0) is 12.6. The maximum absolute atomic E-state index is 11.9. The van der Waals surface area contributed by atoms with Gasteiger partial charge >= 0.3 is 0 Å². The van der Waals surface area contributed by atoms with Gasteiger partial charge in [0.25, 0.3) is 5.91 Å². The number of fused-ring (bicyclic) bond motifs is 1. The molecule has 1 aliphatic heterocycles. The third kappa shape index (κ3) is 1.55. The smallest absolute Gasteiger partial charge is 0.264 e. The van der Waals surface area contributed by atoms with Crippen molar-refractivity contribution >= 4 is 17.4 Å². The van der Waals surface area contributed by atoms with Crippen molar-refractivity contribution in [2.24, 2.45) is 0 Å². The highest BCUT2D eigenvalue weighted by atomic mass is 16.5.